The van der Waals surface area contributed by atoms with Crippen molar-refractivity contribution in [3.8, 4) is 0 Å². The SMILES string of the molecule is NC(=O)c1ccc(Br)cc1NC1C=CC(C(=O)O)C1. The molecule has 0 aromatic heterocycles. The van der Waals surface area contributed by atoms with Gasteiger partial charge >= 0.3 is 5.97 Å². The molecule has 19 heavy (non-hydrogen) atoms. The van der Waals surface area contributed by atoms with E-state index in [1.807, 2.05) is 0 Å². The van der Waals surface area contributed by atoms with Crippen molar-refractivity contribution in [2.24, 2.45) is 11.7 Å². The van der Waals surface area contributed by atoms with E-state index in [4.69, 9.17) is 10.8 Å². The quantitative estimate of drug-likeness (QED) is 0.738. The molecule has 0 heterocycles. The minimum absolute atomic E-state index is 0.117. The van der Waals surface area contributed by atoms with Gasteiger partial charge < -0.3 is 16.2 Å². The lowest BCUT2D eigenvalue weighted by Gasteiger charge is -2.16. The van der Waals surface area contributed by atoms with Crippen molar-refractivity contribution >= 4 is 33.5 Å². The molecule has 0 spiro atoms. The van der Waals surface area contributed by atoms with Crippen LogP contribution >= 0.6 is 15.9 Å². The molecule has 1 amide bonds. The number of benzene rings is 1. The van der Waals surface area contributed by atoms with Crippen molar-refractivity contribution in [1.82, 2.24) is 0 Å². The number of hydrogen-bond acceptors (Lipinski definition) is 3. The van der Waals surface area contributed by atoms with Gasteiger partial charge in [-0.1, -0.05) is 28.1 Å². The van der Waals surface area contributed by atoms with E-state index >= 15 is 0 Å². The number of anilines is 1. The van der Waals surface area contributed by atoms with Crippen molar-refractivity contribution in [1.29, 1.82) is 0 Å². The van der Waals surface area contributed by atoms with E-state index in [1.165, 1.54) is 0 Å². The predicted molar refractivity (Wildman–Crippen MR) is 75.0 cm³/mol. The summed E-state index contributed by atoms with van der Waals surface area (Å²) in [5, 5.41) is 12.1. The maximum absolute atomic E-state index is 11.3. The molecule has 0 saturated heterocycles. The molecule has 0 bridgehead atoms. The van der Waals surface area contributed by atoms with Crippen molar-refractivity contribution < 1.29 is 14.7 Å². The molecule has 2 atom stereocenters. The Hall–Kier alpha value is -1.82. The number of aliphatic carboxylic acids is 1. The van der Waals surface area contributed by atoms with E-state index in [0.29, 0.717) is 17.7 Å². The second-order valence-electron chi connectivity index (χ2n) is 4.37. The van der Waals surface area contributed by atoms with E-state index < -0.39 is 17.8 Å². The lowest BCUT2D eigenvalue weighted by atomic mass is 10.1. The van der Waals surface area contributed by atoms with Crippen molar-refractivity contribution in [2.45, 2.75) is 12.5 Å². The van der Waals surface area contributed by atoms with Gasteiger partial charge in [-0.05, 0) is 24.6 Å². The molecule has 4 N–H and O–H groups in total. The summed E-state index contributed by atoms with van der Waals surface area (Å²) in [5.74, 6) is -1.85. The molecule has 0 fully saturated rings. The molecule has 5 nitrogen and oxygen atoms in total. The summed E-state index contributed by atoms with van der Waals surface area (Å²) >= 11 is 3.33. The van der Waals surface area contributed by atoms with Gasteiger partial charge in [-0.3, -0.25) is 9.59 Å². The Labute approximate surface area is 118 Å². The fourth-order valence-electron chi connectivity index (χ4n) is 2.04. The number of hydrogen-bond donors (Lipinski definition) is 3. The fraction of sp³-hybridized carbons (Fsp3) is 0.231. The van der Waals surface area contributed by atoms with Gasteiger partial charge in [0, 0.05) is 16.2 Å². The van der Waals surface area contributed by atoms with Crippen LogP contribution in [0, 0.1) is 5.92 Å². The number of carboxylic acids is 1. The molecule has 100 valence electrons. The van der Waals surface area contributed by atoms with Gasteiger partial charge in [0.2, 0.25) is 0 Å². The van der Waals surface area contributed by atoms with Crippen LogP contribution in [0.3, 0.4) is 0 Å². The highest BCUT2D eigenvalue weighted by atomic mass is 79.9. The van der Waals surface area contributed by atoms with Crippen LogP contribution in [-0.4, -0.2) is 23.0 Å². The summed E-state index contributed by atoms with van der Waals surface area (Å²) in [7, 11) is 0. The van der Waals surface area contributed by atoms with Gasteiger partial charge in [0.05, 0.1) is 11.5 Å². The van der Waals surface area contributed by atoms with Crippen LogP contribution in [0.5, 0.6) is 0 Å². The van der Waals surface area contributed by atoms with Crippen LogP contribution in [0.4, 0.5) is 5.69 Å². The van der Waals surface area contributed by atoms with Crippen LogP contribution in [0.15, 0.2) is 34.8 Å². The van der Waals surface area contributed by atoms with Gasteiger partial charge in [-0.15, -0.1) is 0 Å². The molecule has 1 aliphatic rings. The third-order valence-corrected chi connectivity index (χ3v) is 3.48. The third kappa shape index (κ3) is 3.14. The average Bonchev–Trinajstić information content (AvgIpc) is 2.77. The fourth-order valence-corrected chi connectivity index (χ4v) is 2.40. The smallest absolute Gasteiger partial charge is 0.310 e. The Kier molecular flexibility index (Phi) is 3.90. The number of nitrogens with one attached hydrogen (secondary N) is 1. The highest BCUT2D eigenvalue weighted by Crippen LogP contribution is 2.26. The van der Waals surface area contributed by atoms with Crippen LogP contribution in [0.2, 0.25) is 0 Å². The zero-order chi connectivity index (χ0) is 14.0. The first kappa shape index (κ1) is 13.6. The summed E-state index contributed by atoms with van der Waals surface area (Å²) < 4.78 is 0.816. The molecular weight excluding hydrogens is 312 g/mol. The number of carbonyl (C=O) groups excluding carboxylic acids is 1. The highest BCUT2D eigenvalue weighted by molar-refractivity contribution is 9.10. The van der Waals surface area contributed by atoms with E-state index in [9.17, 15) is 9.59 Å². The number of carbonyl (C=O) groups is 2. The maximum atomic E-state index is 11.3. The summed E-state index contributed by atoms with van der Waals surface area (Å²) in [6.07, 6.45) is 3.91. The molecule has 0 saturated carbocycles. The Morgan fingerprint density at radius 3 is 2.68 bits per heavy atom. The Morgan fingerprint density at radius 1 is 1.37 bits per heavy atom. The Bertz CT molecular complexity index is 557. The monoisotopic (exact) mass is 324 g/mol. The third-order valence-electron chi connectivity index (χ3n) is 2.99. The van der Waals surface area contributed by atoms with Crippen molar-refractivity contribution in [2.75, 3.05) is 5.32 Å². The summed E-state index contributed by atoms with van der Waals surface area (Å²) in [6.45, 7) is 0. The van der Waals surface area contributed by atoms with E-state index in [0.717, 1.165) is 4.47 Å². The zero-order valence-corrected chi connectivity index (χ0v) is 11.6. The van der Waals surface area contributed by atoms with E-state index in [2.05, 4.69) is 21.2 Å². The highest BCUT2D eigenvalue weighted by Gasteiger charge is 2.25. The van der Waals surface area contributed by atoms with E-state index in [1.54, 1.807) is 30.4 Å². The first-order valence-corrected chi connectivity index (χ1v) is 6.53. The minimum atomic E-state index is -0.843. The molecule has 1 aliphatic carbocycles. The van der Waals surface area contributed by atoms with E-state index in [-0.39, 0.29) is 6.04 Å². The van der Waals surface area contributed by atoms with Crippen LogP contribution in [-0.2, 0) is 4.79 Å². The molecule has 1 aromatic carbocycles. The number of primary amides is 1. The Morgan fingerprint density at radius 2 is 2.11 bits per heavy atom. The van der Waals surface area contributed by atoms with Gasteiger partial charge in [-0.25, -0.2) is 0 Å². The van der Waals surface area contributed by atoms with Crippen molar-refractivity contribution in [3.05, 3.63) is 40.4 Å². The summed E-state index contributed by atoms with van der Waals surface area (Å²) in [6, 6.07) is 4.99. The number of halogens is 1. The van der Waals surface area contributed by atoms with Gasteiger partial charge in [0.25, 0.3) is 5.91 Å². The van der Waals surface area contributed by atoms with Gasteiger partial charge in [0.15, 0.2) is 0 Å². The second kappa shape index (κ2) is 5.44. The summed E-state index contributed by atoms with van der Waals surface area (Å²) in [4.78, 5) is 22.2. The molecule has 1 aromatic rings. The average molecular weight is 325 g/mol. The standard InChI is InChI=1S/C13H13BrN2O3/c14-8-2-4-10(12(15)17)11(6-8)16-9-3-1-7(5-9)13(18)19/h1-4,6-7,9,16H,5H2,(H2,15,17)(H,18,19). The zero-order valence-electron chi connectivity index (χ0n) is 9.97. The van der Waals surface area contributed by atoms with Crippen LogP contribution in [0.1, 0.15) is 16.8 Å². The van der Waals surface area contributed by atoms with Crippen LogP contribution in [0.25, 0.3) is 0 Å². The first-order valence-electron chi connectivity index (χ1n) is 5.74. The lowest BCUT2D eigenvalue weighted by Crippen LogP contribution is -2.21. The summed E-state index contributed by atoms with van der Waals surface area (Å²) in [5.41, 5.74) is 6.29. The normalized spacial score (nSPS) is 21.3. The molecule has 2 rings (SSSR count). The lowest BCUT2D eigenvalue weighted by molar-refractivity contribution is -0.140. The second-order valence-corrected chi connectivity index (χ2v) is 5.29. The predicted octanol–water partition coefficient (Wildman–Crippen LogP) is 1.99. The number of carboxylic acid groups (broad SMARTS) is 1. The largest absolute Gasteiger partial charge is 0.481 e. The van der Waals surface area contributed by atoms with Crippen molar-refractivity contribution in [3.63, 3.8) is 0 Å². The minimum Gasteiger partial charge on any atom is -0.481 e. The maximum Gasteiger partial charge on any atom is 0.310 e. The molecule has 0 aliphatic heterocycles. The van der Waals surface area contributed by atoms with Gasteiger partial charge in [-0.2, -0.15) is 0 Å². The topological polar surface area (TPSA) is 92.4 Å². The molecular formula is C13H13BrN2O3. The number of rotatable bonds is 4. The number of nitrogens with two attached hydrogens (primary N) is 1. The molecule has 2 unspecified atom stereocenters. The van der Waals surface area contributed by atoms with Crippen LogP contribution < -0.4 is 11.1 Å². The first-order chi connectivity index (χ1) is 8.97. The Balaban J connectivity index is 2.16. The molecule has 0 radical (unpaired) electrons. The molecule has 6 heteroatoms. The van der Waals surface area contributed by atoms with Gasteiger partial charge in [0.1, 0.15) is 0 Å². The number of amides is 1.